The van der Waals surface area contributed by atoms with Crippen LogP contribution in [-0.2, 0) is 11.3 Å². The van der Waals surface area contributed by atoms with Gasteiger partial charge < -0.3 is 10.2 Å². The van der Waals surface area contributed by atoms with E-state index in [4.69, 9.17) is 0 Å². The first-order valence-corrected chi connectivity index (χ1v) is 6.91. The van der Waals surface area contributed by atoms with Gasteiger partial charge in [-0.25, -0.2) is 4.68 Å². The molecule has 0 unspecified atom stereocenters. The van der Waals surface area contributed by atoms with Crippen molar-refractivity contribution in [3.63, 3.8) is 0 Å². The van der Waals surface area contributed by atoms with Crippen LogP contribution in [-0.4, -0.2) is 41.2 Å². The van der Waals surface area contributed by atoms with E-state index in [1.165, 1.54) is 4.68 Å². The Morgan fingerprint density at radius 2 is 2.15 bits per heavy atom. The molecule has 1 aromatic heterocycles. The van der Waals surface area contributed by atoms with E-state index in [0.717, 1.165) is 12.2 Å². The topological polar surface area (TPSA) is 67.2 Å². The third kappa shape index (κ3) is 5.42. The van der Waals surface area contributed by atoms with Gasteiger partial charge in [-0.1, -0.05) is 13.8 Å². The van der Waals surface area contributed by atoms with Gasteiger partial charge in [-0.2, -0.15) is 5.10 Å². The third-order valence-corrected chi connectivity index (χ3v) is 2.84. The molecule has 0 aliphatic carbocycles. The standard InChI is InChI=1S/C14H24N4O2/c1-11(2)9-15-12-8-14(20)18(16-10-12)7-5-6-13(19)17(3)4/h8,10-11,15H,5-7,9H2,1-4H3. The Hall–Kier alpha value is -1.85. The smallest absolute Gasteiger partial charge is 0.268 e. The monoisotopic (exact) mass is 280 g/mol. The number of aryl methyl sites for hydroxylation is 1. The van der Waals surface area contributed by atoms with Gasteiger partial charge in [0.15, 0.2) is 0 Å². The predicted octanol–water partition coefficient (Wildman–Crippen LogP) is 1.18. The van der Waals surface area contributed by atoms with Crippen molar-refractivity contribution in [2.24, 2.45) is 5.92 Å². The zero-order chi connectivity index (χ0) is 15.1. The average Bonchev–Trinajstić information content (AvgIpc) is 2.38. The number of anilines is 1. The molecule has 0 saturated carbocycles. The Morgan fingerprint density at radius 1 is 1.45 bits per heavy atom. The number of nitrogens with one attached hydrogen (secondary N) is 1. The van der Waals surface area contributed by atoms with Crippen LogP contribution in [0.2, 0.25) is 0 Å². The number of nitrogens with zero attached hydrogens (tertiary/aromatic N) is 3. The van der Waals surface area contributed by atoms with Crippen molar-refractivity contribution in [1.29, 1.82) is 0 Å². The van der Waals surface area contributed by atoms with Gasteiger partial charge in [0.25, 0.3) is 5.56 Å². The molecule has 0 aliphatic rings. The fraction of sp³-hybridized carbons (Fsp3) is 0.643. The van der Waals surface area contributed by atoms with Gasteiger partial charge in [0, 0.05) is 39.7 Å². The molecule has 1 rings (SSSR count). The lowest BCUT2D eigenvalue weighted by Crippen LogP contribution is -2.25. The highest BCUT2D eigenvalue weighted by Gasteiger charge is 2.05. The van der Waals surface area contributed by atoms with E-state index in [2.05, 4.69) is 24.3 Å². The van der Waals surface area contributed by atoms with Gasteiger partial charge in [-0.05, 0) is 12.3 Å². The summed E-state index contributed by atoms with van der Waals surface area (Å²) in [6.07, 6.45) is 2.69. The van der Waals surface area contributed by atoms with E-state index in [9.17, 15) is 9.59 Å². The third-order valence-electron chi connectivity index (χ3n) is 2.84. The second-order valence-corrected chi connectivity index (χ2v) is 5.47. The predicted molar refractivity (Wildman–Crippen MR) is 79.8 cm³/mol. The number of aromatic nitrogens is 2. The fourth-order valence-electron chi connectivity index (χ4n) is 1.62. The number of carbonyl (C=O) groups is 1. The molecule has 0 aliphatic heterocycles. The number of rotatable bonds is 7. The maximum absolute atomic E-state index is 11.9. The lowest BCUT2D eigenvalue weighted by atomic mass is 10.2. The molecule has 1 heterocycles. The molecule has 0 aromatic carbocycles. The van der Waals surface area contributed by atoms with Crippen LogP contribution in [0.4, 0.5) is 5.69 Å². The summed E-state index contributed by atoms with van der Waals surface area (Å²) in [6, 6.07) is 1.54. The molecule has 0 spiro atoms. The molecule has 1 amide bonds. The van der Waals surface area contributed by atoms with Crippen LogP contribution in [0.25, 0.3) is 0 Å². The molecule has 0 bridgehead atoms. The maximum atomic E-state index is 11.9. The van der Waals surface area contributed by atoms with Crippen molar-refractivity contribution in [3.8, 4) is 0 Å². The average molecular weight is 280 g/mol. The molecule has 0 fully saturated rings. The van der Waals surface area contributed by atoms with Crippen molar-refractivity contribution in [3.05, 3.63) is 22.6 Å². The quantitative estimate of drug-likeness (QED) is 0.814. The number of amides is 1. The molecular weight excluding hydrogens is 256 g/mol. The minimum absolute atomic E-state index is 0.0632. The van der Waals surface area contributed by atoms with E-state index >= 15 is 0 Å². The number of hydrogen-bond acceptors (Lipinski definition) is 4. The highest BCUT2D eigenvalue weighted by atomic mass is 16.2. The first-order chi connectivity index (χ1) is 9.40. The van der Waals surface area contributed by atoms with Crippen LogP contribution < -0.4 is 10.9 Å². The van der Waals surface area contributed by atoms with Gasteiger partial charge in [0.05, 0.1) is 11.9 Å². The van der Waals surface area contributed by atoms with E-state index < -0.39 is 0 Å². The molecule has 1 N–H and O–H groups in total. The largest absolute Gasteiger partial charge is 0.383 e. The first-order valence-electron chi connectivity index (χ1n) is 6.91. The zero-order valence-electron chi connectivity index (χ0n) is 12.7. The first kappa shape index (κ1) is 16.2. The number of hydrogen-bond donors (Lipinski definition) is 1. The highest BCUT2D eigenvalue weighted by Crippen LogP contribution is 2.02. The van der Waals surface area contributed by atoms with Crippen molar-refractivity contribution in [1.82, 2.24) is 14.7 Å². The van der Waals surface area contributed by atoms with Crippen LogP contribution in [0.15, 0.2) is 17.1 Å². The Bertz CT molecular complexity index is 494. The summed E-state index contributed by atoms with van der Waals surface area (Å²) in [5.41, 5.74) is 0.598. The SMILES string of the molecule is CC(C)CNc1cnn(CCCC(=O)N(C)C)c(=O)c1. The summed E-state index contributed by atoms with van der Waals surface area (Å²) < 4.78 is 1.39. The molecule has 112 valence electrons. The molecule has 0 radical (unpaired) electrons. The molecule has 20 heavy (non-hydrogen) atoms. The van der Waals surface area contributed by atoms with Crippen molar-refractivity contribution in [2.75, 3.05) is 26.0 Å². The molecule has 0 atom stereocenters. The Kier molecular flexibility index (Phi) is 6.21. The fourth-order valence-corrected chi connectivity index (χ4v) is 1.62. The normalized spacial score (nSPS) is 10.7. The minimum atomic E-state index is -0.143. The molecule has 6 nitrogen and oxygen atoms in total. The van der Waals surface area contributed by atoms with Crippen LogP contribution in [0.1, 0.15) is 26.7 Å². The molecule has 0 saturated heterocycles. The van der Waals surface area contributed by atoms with Gasteiger partial charge in [-0.15, -0.1) is 0 Å². The van der Waals surface area contributed by atoms with Gasteiger partial charge in [0.1, 0.15) is 0 Å². The van der Waals surface area contributed by atoms with E-state index in [-0.39, 0.29) is 11.5 Å². The minimum Gasteiger partial charge on any atom is -0.383 e. The van der Waals surface area contributed by atoms with Gasteiger partial charge in [0.2, 0.25) is 5.91 Å². The lowest BCUT2D eigenvalue weighted by Gasteiger charge is -2.11. The van der Waals surface area contributed by atoms with Gasteiger partial charge in [-0.3, -0.25) is 9.59 Å². The van der Waals surface area contributed by atoms with Crippen LogP contribution >= 0.6 is 0 Å². The Morgan fingerprint density at radius 3 is 2.70 bits per heavy atom. The van der Waals surface area contributed by atoms with E-state index in [1.54, 1.807) is 31.3 Å². The zero-order valence-corrected chi connectivity index (χ0v) is 12.7. The van der Waals surface area contributed by atoms with Crippen LogP contribution in [0, 0.1) is 5.92 Å². The highest BCUT2D eigenvalue weighted by molar-refractivity contribution is 5.75. The second kappa shape index (κ2) is 7.67. The van der Waals surface area contributed by atoms with E-state index in [0.29, 0.717) is 25.3 Å². The Balaban J connectivity index is 2.52. The van der Waals surface area contributed by atoms with Crippen LogP contribution in [0.5, 0.6) is 0 Å². The van der Waals surface area contributed by atoms with E-state index in [1.807, 2.05) is 0 Å². The van der Waals surface area contributed by atoms with Crippen LogP contribution in [0.3, 0.4) is 0 Å². The van der Waals surface area contributed by atoms with Crippen molar-refractivity contribution < 1.29 is 4.79 Å². The summed E-state index contributed by atoms with van der Waals surface area (Å²) in [6.45, 7) is 5.47. The van der Waals surface area contributed by atoms with Crippen molar-refractivity contribution in [2.45, 2.75) is 33.2 Å². The molecule has 6 heteroatoms. The molecular formula is C14H24N4O2. The summed E-state index contributed by atoms with van der Waals surface area (Å²) in [7, 11) is 3.45. The second-order valence-electron chi connectivity index (χ2n) is 5.47. The summed E-state index contributed by atoms with van der Waals surface area (Å²) >= 11 is 0. The molecule has 1 aromatic rings. The summed E-state index contributed by atoms with van der Waals surface area (Å²) in [5, 5.41) is 7.28. The Labute approximate surface area is 119 Å². The van der Waals surface area contributed by atoms with Gasteiger partial charge >= 0.3 is 0 Å². The number of carbonyl (C=O) groups excluding carboxylic acids is 1. The summed E-state index contributed by atoms with van der Waals surface area (Å²) in [5.74, 6) is 0.572. The summed E-state index contributed by atoms with van der Waals surface area (Å²) in [4.78, 5) is 24.8. The van der Waals surface area contributed by atoms with Crippen molar-refractivity contribution >= 4 is 11.6 Å². The lowest BCUT2D eigenvalue weighted by molar-refractivity contribution is -0.128. The maximum Gasteiger partial charge on any atom is 0.268 e.